The Bertz CT molecular complexity index is 522. The van der Waals surface area contributed by atoms with Crippen LogP contribution in [0.4, 0.5) is 0 Å². The predicted octanol–water partition coefficient (Wildman–Crippen LogP) is 1.71. The van der Waals surface area contributed by atoms with E-state index in [2.05, 4.69) is 17.0 Å². The third-order valence-corrected chi connectivity index (χ3v) is 6.29. The number of nitrogens with one attached hydrogen (secondary N) is 2. The summed E-state index contributed by atoms with van der Waals surface area (Å²) in [5, 5.41) is 4.92. The zero-order valence-electron chi connectivity index (χ0n) is 11.0. The van der Waals surface area contributed by atoms with E-state index in [1.165, 1.54) is 11.3 Å². The van der Waals surface area contributed by atoms with Crippen LogP contribution in [0.2, 0.25) is 0 Å². The Hall–Kier alpha value is -0.430. The normalized spacial score (nSPS) is 23.3. The van der Waals surface area contributed by atoms with Gasteiger partial charge in [-0.1, -0.05) is 6.92 Å². The highest BCUT2D eigenvalue weighted by Crippen LogP contribution is 2.37. The molecule has 0 aliphatic heterocycles. The van der Waals surface area contributed by atoms with Gasteiger partial charge in [-0.05, 0) is 43.2 Å². The molecule has 0 amide bonds. The molecule has 1 aliphatic rings. The summed E-state index contributed by atoms with van der Waals surface area (Å²) in [5.41, 5.74) is 0.835. The van der Waals surface area contributed by atoms with E-state index in [0.29, 0.717) is 29.8 Å². The van der Waals surface area contributed by atoms with Gasteiger partial charge in [0.05, 0.1) is 0 Å². The number of aryl methyl sites for hydroxylation is 1. The van der Waals surface area contributed by atoms with Gasteiger partial charge in [0.15, 0.2) is 0 Å². The molecular formula is C12H20N2O2S2. The maximum absolute atomic E-state index is 12.3. The van der Waals surface area contributed by atoms with E-state index in [1.807, 2.05) is 19.4 Å². The number of thiophene rings is 1. The maximum atomic E-state index is 12.3. The Morgan fingerprint density at radius 3 is 2.72 bits per heavy atom. The van der Waals surface area contributed by atoms with E-state index in [9.17, 15) is 8.42 Å². The van der Waals surface area contributed by atoms with Crippen LogP contribution < -0.4 is 10.0 Å². The molecule has 0 spiro atoms. The number of sulfonamides is 1. The van der Waals surface area contributed by atoms with Gasteiger partial charge in [0.25, 0.3) is 0 Å². The van der Waals surface area contributed by atoms with E-state index in [1.54, 1.807) is 0 Å². The smallest absolute Gasteiger partial charge is 0.241 e. The molecule has 0 aromatic carbocycles. The van der Waals surface area contributed by atoms with Gasteiger partial charge in [-0.3, -0.25) is 0 Å². The first-order chi connectivity index (χ1) is 8.45. The molecule has 4 nitrogen and oxygen atoms in total. The molecule has 0 radical (unpaired) electrons. The monoisotopic (exact) mass is 288 g/mol. The summed E-state index contributed by atoms with van der Waals surface area (Å²) in [4.78, 5) is 1.35. The predicted molar refractivity (Wildman–Crippen MR) is 74.3 cm³/mol. The fraction of sp³-hybridized carbons (Fsp3) is 0.667. The van der Waals surface area contributed by atoms with Crippen LogP contribution in [0.3, 0.4) is 0 Å². The number of hydrogen-bond donors (Lipinski definition) is 2. The lowest BCUT2D eigenvalue weighted by Gasteiger charge is -2.08. The van der Waals surface area contributed by atoms with Gasteiger partial charge in [0.1, 0.15) is 4.90 Å². The minimum absolute atomic E-state index is 0.468. The second kappa shape index (κ2) is 5.28. The lowest BCUT2D eigenvalue weighted by atomic mass is 10.3. The van der Waals surface area contributed by atoms with E-state index in [0.717, 1.165) is 16.9 Å². The van der Waals surface area contributed by atoms with E-state index < -0.39 is 10.0 Å². The molecule has 1 aliphatic carbocycles. The number of rotatable bonds is 6. The van der Waals surface area contributed by atoms with E-state index >= 15 is 0 Å². The van der Waals surface area contributed by atoms with Crippen LogP contribution in [-0.2, 0) is 16.6 Å². The van der Waals surface area contributed by atoms with Crippen LogP contribution >= 0.6 is 11.3 Å². The maximum Gasteiger partial charge on any atom is 0.241 e. The van der Waals surface area contributed by atoms with E-state index in [4.69, 9.17) is 0 Å². The Labute approximate surface area is 113 Å². The average molecular weight is 288 g/mol. The molecule has 1 aromatic heterocycles. The third-order valence-electron chi connectivity index (χ3n) is 3.41. The molecule has 1 aromatic rings. The van der Waals surface area contributed by atoms with Crippen molar-refractivity contribution >= 4 is 21.4 Å². The summed E-state index contributed by atoms with van der Waals surface area (Å²) < 4.78 is 27.4. The standard InChI is InChI=1S/C12H20N2O2S2/c1-8-4-10(8)5-14-18(15,16)12-9(2)7-17-11(12)6-13-3/h7-8,10,13-14H,4-6H2,1-3H3. The molecule has 0 saturated heterocycles. The Kier molecular flexibility index (Phi) is 4.11. The number of hydrogen-bond acceptors (Lipinski definition) is 4. The van der Waals surface area contributed by atoms with Crippen molar-refractivity contribution in [2.24, 2.45) is 11.8 Å². The van der Waals surface area contributed by atoms with Gasteiger partial charge in [-0.2, -0.15) is 0 Å². The first-order valence-corrected chi connectivity index (χ1v) is 8.53. The van der Waals surface area contributed by atoms with Gasteiger partial charge < -0.3 is 5.32 Å². The molecule has 2 rings (SSSR count). The third kappa shape index (κ3) is 2.93. The molecule has 102 valence electrons. The topological polar surface area (TPSA) is 58.2 Å². The van der Waals surface area contributed by atoms with Crippen molar-refractivity contribution in [3.05, 3.63) is 15.8 Å². The molecular weight excluding hydrogens is 268 g/mol. The SMILES string of the molecule is CNCc1scc(C)c1S(=O)(=O)NCC1CC1C. The van der Waals surface area contributed by atoms with Crippen LogP contribution in [0.25, 0.3) is 0 Å². The summed E-state index contributed by atoms with van der Waals surface area (Å²) in [5.74, 6) is 1.18. The van der Waals surface area contributed by atoms with Crippen molar-refractivity contribution in [2.45, 2.75) is 31.7 Å². The lowest BCUT2D eigenvalue weighted by molar-refractivity contribution is 0.573. The quantitative estimate of drug-likeness (QED) is 0.838. The lowest BCUT2D eigenvalue weighted by Crippen LogP contribution is -2.27. The average Bonchev–Trinajstić information content (AvgIpc) is 2.87. The molecule has 1 fully saturated rings. The zero-order valence-corrected chi connectivity index (χ0v) is 12.6. The van der Waals surface area contributed by atoms with Crippen molar-refractivity contribution in [3.8, 4) is 0 Å². The van der Waals surface area contributed by atoms with Crippen LogP contribution in [0, 0.1) is 18.8 Å². The second-order valence-electron chi connectivity index (χ2n) is 5.03. The summed E-state index contributed by atoms with van der Waals surface area (Å²) >= 11 is 1.50. The van der Waals surface area contributed by atoms with Crippen molar-refractivity contribution in [3.63, 3.8) is 0 Å². The Morgan fingerprint density at radius 1 is 1.50 bits per heavy atom. The second-order valence-corrected chi connectivity index (χ2v) is 7.69. The first-order valence-electron chi connectivity index (χ1n) is 6.17. The molecule has 18 heavy (non-hydrogen) atoms. The van der Waals surface area contributed by atoms with Gasteiger partial charge in [-0.25, -0.2) is 13.1 Å². The summed E-state index contributed by atoms with van der Waals surface area (Å²) in [6.45, 7) is 5.16. The van der Waals surface area contributed by atoms with Crippen LogP contribution in [-0.4, -0.2) is 22.0 Å². The largest absolute Gasteiger partial charge is 0.315 e. The van der Waals surface area contributed by atoms with Crippen molar-refractivity contribution in [2.75, 3.05) is 13.6 Å². The molecule has 0 bridgehead atoms. The summed E-state index contributed by atoms with van der Waals surface area (Å²) in [7, 11) is -1.53. The fourth-order valence-electron chi connectivity index (χ4n) is 2.10. The van der Waals surface area contributed by atoms with Crippen LogP contribution in [0.15, 0.2) is 10.3 Å². The molecule has 2 N–H and O–H groups in total. The molecule has 2 unspecified atom stereocenters. The van der Waals surface area contributed by atoms with Gasteiger partial charge in [-0.15, -0.1) is 11.3 Å². The Balaban J connectivity index is 2.15. The molecule has 2 atom stereocenters. The summed E-state index contributed by atoms with van der Waals surface area (Å²) in [6, 6.07) is 0. The molecule has 1 saturated carbocycles. The zero-order chi connectivity index (χ0) is 13.3. The first kappa shape index (κ1) is 14.0. The van der Waals surface area contributed by atoms with Crippen LogP contribution in [0.1, 0.15) is 23.8 Å². The van der Waals surface area contributed by atoms with Gasteiger partial charge >= 0.3 is 0 Å². The van der Waals surface area contributed by atoms with Crippen molar-refractivity contribution in [1.82, 2.24) is 10.0 Å². The summed E-state index contributed by atoms with van der Waals surface area (Å²) in [6.07, 6.45) is 1.13. The molecule has 1 heterocycles. The van der Waals surface area contributed by atoms with Gasteiger partial charge in [0, 0.05) is 18.0 Å². The minimum Gasteiger partial charge on any atom is -0.315 e. The van der Waals surface area contributed by atoms with Crippen LogP contribution in [0.5, 0.6) is 0 Å². The highest BCUT2D eigenvalue weighted by Gasteiger charge is 2.34. The minimum atomic E-state index is -3.36. The van der Waals surface area contributed by atoms with Crippen molar-refractivity contribution < 1.29 is 8.42 Å². The highest BCUT2D eigenvalue weighted by atomic mass is 32.2. The molecule has 6 heteroatoms. The highest BCUT2D eigenvalue weighted by molar-refractivity contribution is 7.89. The van der Waals surface area contributed by atoms with Gasteiger partial charge in [0.2, 0.25) is 10.0 Å². The fourth-order valence-corrected chi connectivity index (χ4v) is 5.02. The Morgan fingerprint density at radius 2 is 2.17 bits per heavy atom. The van der Waals surface area contributed by atoms with E-state index in [-0.39, 0.29) is 0 Å². The van der Waals surface area contributed by atoms with Crippen molar-refractivity contribution in [1.29, 1.82) is 0 Å².